The summed E-state index contributed by atoms with van der Waals surface area (Å²) in [5.74, 6) is 0. The van der Waals surface area contributed by atoms with Crippen LogP contribution in [0.2, 0.25) is 0 Å². The molecular formula is C14H10O2. The summed E-state index contributed by atoms with van der Waals surface area (Å²) in [4.78, 5) is 0. The van der Waals surface area contributed by atoms with Gasteiger partial charge < -0.3 is 8.83 Å². The summed E-state index contributed by atoms with van der Waals surface area (Å²) < 4.78 is 10.1. The van der Waals surface area contributed by atoms with Crippen LogP contribution < -0.4 is 0 Å². The molecule has 1 aromatic carbocycles. The predicted molar refractivity (Wildman–Crippen MR) is 61.8 cm³/mol. The maximum Gasteiger partial charge on any atom is 0.0980 e. The first kappa shape index (κ1) is 9.04. The van der Waals surface area contributed by atoms with E-state index in [4.69, 9.17) is 8.83 Å². The molecule has 0 saturated heterocycles. The molecule has 3 rings (SSSR count). The average molecular weight is 210 g/mol. The summed E-state index contributed by atoms with van der Waals surface area (Å²) in [5.41, 5.74) is 4.50. The Morgan fingerprint density at radius 3 is 1.25 bits per heavy atom. The van der Waals surface area contributed by atoms with Crippen molar-refractivity contribution in [3.63, 3.8) is 0 Å². The van der Waals surface area contributed by atoms with Gasteiger partial charge in [-0.3, -0.25) is 0 Å². The molecule has 16 heavy (non-hydrogen) atoms. The zero-order valence-electron chi connectivity index (χ0n) is 8.59. The molecule has 0 spiro atoms. The van der Waals surface area contributed by atoms with Crippen molar-refractivity contribution in [2.24, 2.45) is 0 Å². The predicted octanol–water partition coefficient (Wildman–Crippen LogP) is 4.21. The molecule has 0 bridgehead atoms. The highest BCUT2D eigenvalue weighted by Crippen LogP contribution is 2.25. The minimum atomic E-state index is 1.10. The highest BCUT2D eigenvalue weighted by molar-refractivity contribution is 5.69. The number of hydrogen-bond acceptors (Lipinski definition) is 2. The van der Waals surface area contributed by atoms with Gasteiger partial charge in [0.25, 0.3) is 0 Å². The molecule has 2 heteroatoms. The molecule has 0 aliphatic rings. The number of benzene rings is 1. The minimum Gasteiger partial charge on any atom is -0.472 e. The molecule has 2 heterocycles. The van der Waals surface area contributed by atoms with Crippen molar-refractivity contribution in [2.75, 3.05) is 0 Å². The number of furan rings is 2. The van der Waals surface area contributed by atoms with Crippen molar-refractivity contribution < 1.29 is 8.83 Å². The average Bonchev–Trinajstić information content (AvgIpc) is 3.03. The Hall–Kier alpha value is -2.22. The van der Waals surface area contributed by atoms with Gasteiger partial charge in [0.15, 0.2) is 0 Å². The van der Waals surface area contributed by atoms with Crippen molar-refractivity contribution in [3.8, 4) is 22.3 Å². The lowest BCUT2D eigenvalue weighted by Gasteiger charge is -1.99. The van der Waals surface area contributed by atoms with E-state index in [2.05, 4.69) is 24.3 Å². The summed E-state index contributed by atoms with van der Waals surface area (Å²) in [7, 11) is 0. The first-order valence-electron chi connectivity index (χ1n) is 5.09. The van der Waals surface area contributed by atoms with E-state index in [-0.39, 0.29) is 0 Å². The summed E-state index contributed by atoms with van der Waals surface area (Å²) >= 11 is 0. The van der Waals surface area contributed by atoms with Gasteiger partial charge in [-0.2, -0.15) is 0 Å². The number of hydrogen-bond donors (Lipinski definition) is 0. The third-order valence-electron chi connectivity index (χ3n) is 2.59. The van der Waals surface area contributed by atoms with Gasteiger partial charge in [-0.05, 0) is 23.3 Å². The van der Waals surface area contributed by atoms with Crippen LogP contribution in [0.15, 0.2) is 70.3 Å². The van der Waals surface area contributed by atoms with Gasteiger partial charge in [0.05, 0.1) is 25.1 Å². The van der Waals surface area contributed by atoms with E-state index in [1.807, 2.05) is 12.1 Å². The number of rotatable bonds is 2. The van der Waals surface area contributed by atoms with Crippen LogP contribution in [0.5, 0.6) is 0 Å². The molecule has 0 aliphatic carbocycles. The molecule has 2 aromatic heterocycles. The van der Waals surface area contributed by atoms with Crippen LogP contribution in [-0.2, 0) is 0 Å². The lowest BCUT2D eigenvalue weighted by molar-refractivity contribution is 0.568. The summed E-state index contributed by atoms with van der Waals surface area (Å²) in [6.07, 6.45) is 6.85. The second-order valence-electron chi connectivity index (χ2n) is 3.60. The van der Waals surface area contributed by atoms with Gasteiger partial charge in [-0.1, -0.05) is 24.3 Å². The molecule has 0 unspecified atom stereocenters. The van der Waals surface area contributed by atoms with E-state index in [0.717, 1.165) is 22.3 Å². The maximum atomic E-state index is 5.06. The Bertz CT molecular complexity index is 492. The first-order valence-corrected chi connectivity index (χ1v) is 5.09. The second kappa shape index (κ2) is 3.74. The van der Waals surface area contributed by atoms with E-state index in [1.165, 1.54) is 0 Å². The molecule has 0 N–H and O–H groups in total. The maximum absolute atomic E-state index is 5.06. The van der Waals surface area contributed by atoms with Crippen LogP contribution in [0.25, 0.3) is 22.3 Å². The van der Waals surface area contributed by atoms with Crippen LogP contribution in [-0.4, -0.2) is 0 Å². The fraction of sp³-hybridized carbons (Fsp3) is 0. The molecule has 0 saturated carbocycles. The zero-order chi connectivity index (χ0) is 10.8. The normalized spacial score (nSPS) is 10.5. The molecule has 0 atom stereocenters. The highest BCUT2D eigenvalue weighted by atomic mass is 16.3. The molecule has 78 valence electrons. The standard InChI is InChI=1S/C14H10O2/c1-2-12(14-6-8-16-10-14)4-3-11(1)13-5-7-15-9-13/h1-10H. The van der Waals surface area contributed by atoms with E-state index < -0.39 is 0 Å². The van der Waals surface area contributed by atoms with Crippen LogP contribution in [0.3, 0.4) is 0 Å². The third-order valence-corrected chi connectivity index (χ3v) is 2.59. The zero-order valence-corrected chi connectivity index (χ0v) is 8.59. The van der Waals surface area contributed by atoms with Crippen molar-refractivity contribution >= 4 is 0 Å². The summed E-state index contributed by atoms with van der Waals surface area (Å²) in [6.45, 7) is 0. The van der Waals surface area contributed by atoms with Gasteiger partial charge >= 0.3 is 0 Å². The van der Waals surface area contributed by atoms with Crippen molar-refractivity contribution in [3.05, 3.63) is 61.5 Å². The van der Waals surface area contributed by atoms with Gasteiger partial charge in [-0.15, -0.1) is 0 Å². The van der Waals surface area contributed by atoms with Gasteiger partial charge in [0.1, 0.15) is 0 Å². The van der Waals surface area contributed by atoms with Crippen LogP contribution >= 0.6 is 0 Å². The highest BCUT2D eigenvalue weighted by Gasteiger charge is 2.01. The first-order chi connectivity index (χ1) is 7.93. The van der Waals surface area contributed by atoms with E-state index in [9.17, 15) is 0 Å². The molecule has 2 nitrogen and oxygen atoms in total. The molecule has 0 fully saturated rings. The Morgan fingerprint density at radius 2 is 0.938 bits per heavy atom. The molecular weight excluding hydrogens is 200 g/mol. The van der Waals surface area contributed by atoms with E-state index in [0.29, 0.717) is 0 Å². The molecule has 0 radical (unpaired) electrons. The molecule has 0 aliphatic heterocycles. The van der Waals surface area contributed by atoms with Crippen LogP contribution in [0.4, 0.5) is 0 Å². The van der Waals surface area contributed by atoms with Gasteiger partial charge in [0, 0.05) is 11.1 Å². The minimum absolute atomic E-state index is 1.10. The smallest absolute Gasteiger partial charge is 0.0980 e. The molecule has 0 amide bonds. The van der Waals surface area contributed by atoms with Gasteiger partial charge in [0.2, 0.25) is 0 Å². The van der Waals surface area contributed by atoms with E-state index in [1.54, 1.807) is 25.1 Å². The third kappa shape index (κ3) is 1.54. The Labute approximate surface area is 93.1 Å². The molecule has 3 aromatic rings. The fourth-order valence-corrected chi connectivity index (χ4v) is 1.71. The Balaban J connectivity index is 1.97. The van der Waals surface area contributed by atoms with Crippen molar-refractivity contribution in [1.82, 2.24) is 0 Å². The second-order valence-corrected chi connectivity index (χ2v) is 3.60. The summed E-state index contributed by atoms with van der Waals surface area (Å²) in [6, 6.07) is 12.2. The largest absolute Gasteiger partial charge is 0.472 e. The lowest BCUT2D eigenvalue weighted by atomic mass is 10.0. The monoisotopic (exact) mass is 210 g/mol. The van der Waals surface area contributed by atoms with Crippen molar-refractivity contribution in [1.29, 1.82) is 0 Å². The van der Waals surface area contributed by atoms with Crippen LogP contribution in [0.1, 0.15) is 0 Å². The fourth-order valence-electron chi connectivity index (χ4n) is 1.71. The summed E-state index contributed by atoms with van der Waals surface area (Å²) in [5, 5.41) is 0. The SMILES string of the molecule is c1cc(-c2ccc(-c3ccoc3)cc2)co1. The quantitative estimate of drug-likeness (QED) is 0.633. The van der Waals surface area contributed by atoms with Gasteiger partial charge in [-0.25, -0.2) is 0 Å². The topological polar surface area (TPSA) is 26.3 Å². The van der Waals surface area contributed by atoms with E-state index >= 15 is 0 Å². The Morgan fingerprint density at radius 1 is 0.500 bits per heavy atom. The van der Waals surface area contributed by atoms with Crippen molar-refractivity contribution in [2.45, 2.75) is 0 Å². The van der Waals surface area contributed by atoms with Crippen LogP contribution in [0, 0.1) is 0 Å². The lowest BCUT2D eigenvalue weighted by Crippen LogP contribution is -1.76. The Kier molecular flexibility index (Phi) is 2.11.